The maximum absolute atomic E-state index is 12.7. The number of esters is 1. The molecule has 0 aliphatic carbocycles. The number of nitrogens with one attached hydrogen (secondary N) is 1. The van der Waals surface area contributed by atoms with E-state index in [-0.39, 0.29) is 18.6 Å². The van der Waals surface area contributed by atoms with Gasteiger partial charge in [0.1, 0.15) is 5.60 Å². The van der Waals surface area contributed by atoms with Gasteiger partial charge >= 0.3 is 5.97 Å². The first kappa shape index (κ1) is 20.6. The van der Waals surface area contributed by atoms with Crippen LogP contribution >= 0.6 is 0 Å². The maximum atomic E-state index is 12.7. The number of hydrogen-bond donors (Lipinski definition) is 1. The molecule has 0 spiro atoms. The van der Waals surface area contributed by atoms with E-state index in [1.165, 1.54) is 6.92 Å². The van der Waals surface area contributed by atoms with Gasteiger partial charge in [-0.3, -0.25) is 14.4 Å². The molecule has 7 nitrogen and oxygen atoms in total. The molecule has 1 aromatic carbocycles. The summed E-state index contributed by atoms with van der Waals surface area (Å²) in [7, 11) is 0. The minimum atomic E-state index is -1.24. The smallest absolute Gasteiger partial charge is 0.308 e. The molecule has 1 aliphatic heterocycles. The van der Waals surface area contributed by atoms with Crippen molar-refractivity contribution in [2.45, 2.75) is 64.7 Å². The zero-order valence-corrected chi connectivity index (χ0v) is 16.4. The monoisotopic (exact) mass is 374 g/mol. The van der Waals surface area contributed by atoms with E-state index in [0.29, 0.717) is 5.71 Å². The average Bonchev–Trinajstić information content (AvgIpc) is 2.97. The lowest BCUT2D eigenvalue weighted by molar-refractivity contribution is -0.157. The fraction of sp³-hybridized carbons (Fsp3) is 0.500. The van der Waals surface area contributed by atoms with Crippen LogP contribution in [0.3, 0.4) is 0 Å². The summed E-state index contributed by atoms with van der Waals surface area (Å²) >= 11 is 0. The van der Waals surface area contributed by atoms with Crippen LogP contribution in [0.1, 0.15) is 53.0 Å². The number of ketones is 1. The molecule has 0 fully saturated rings. The number of oxime groups is 1. The Kier molecular flexibility index (Phi) is 6.03. The predicted octanol–water partition coefficient (Wildman–Crippen LogP) is 2.38. The molecule has 1 unspecified atom stereocenters. The van der Waals surface area contributed by atoms with Crippen molar-refractivity contribution in [2.75, 3.05) is 0 Å². The third-order valence-electron chi connectivity index (χ3n) is 4.04. The van der Waals surface area contributed by atoms with Crippen molar-refractivity contribution < 1.29 is 24.0 Å². The van der Waals surface area contributed by atoms with Crippen LogP contribution in [0, 0.1) is 0 Å². The van der Waals surface area contributed by atoms with Crippen molar-refractivity contribution in [1.82, 2.24) is 5.32 Å². The van der Waals surface area contributed by atoms with Gasteiger partial charge in [0.15, 0.2) is 5.78 Å². The minimum absolute atomic E-state index is 0.235. The SMILES string of the molecule is CC(=O)[C@H](CC(=O)OC(C)(C)C)NC(=O)C1(C)CC(c2ccccc2)=NO1. The number of hydrogen-bond acceptors (Lipinski definition) is 6. The fourth-order valence-electron chi connectivity index (χ4n) is 2.60. The molecule has 0 saturated heterocycles. The molecular weight excluding hydrogens is 348 g/mol. The van der Waals surface area contributed by atoms with Crippen LogP contribution in [0.4, 0.5) is 0 Å². The first-order valence-corrected chi connectivity index (χ1v) is 8.84. The van der Waals surface area contributed by atoms with Crippen LogP contribution in [0.5, 0.6) is 0 Å². The standard InChI is InChI=1S/C20H26N2O5/c1-13(23)15(11-17(24)26-19(2,3)4)21-18(25)20(5)12-16(22-27-20)14-9-7-6-8-10-14/h6-10,15H,11-12H2,1-5H3,(H,21,25)/t15-,20?/m0/s1. The molecule has 1 N–H and O–H groups in total. The highest BCUT2D eigenvalue weighted by molar-refractivity contribution is 6.05. The van der Waals surface area contributed by atoms with Gasteiger partial charge in [-0.15, -0.1) is 0 Å². The van der Waals surface area contributed by atoms with Crippen LogP contribution < -0.4 is 5.32 Å². The Hall–Kier alpha value is -2.70. The number of ether oxygens (including phenoxy) is 1. The number of carbonyl (C=O) groups is 3. The molecule has 0 bridgehead atoms. The predicted molar refractivity (Wildman–Crippen MR) is 100 cm³/mol. The summed E-state index contributed by atoms with van der Waals surface area (Å²) < 4.78 is 5.23. The lowest BCUT2D eigenvalue weighted by Gasteiger charge is -2.25. The van der Waals surface area contributed by atoms with E-state index in [1.807, 2.05) is 30.3 Å². The summed E-state index contributed by atoms with van der Waals surface area (Å²) in [5, 5.41) is 6.62. The van der Waals surface area contributed by atoms with Gasteiger partial charge in [-0.1, -0.05) is 35.5 Å². The molecule has 0 radical (unpaired) electrons. The van der Waals surface area contributed by atoms with E-state index in [9.17, 15) is 14.4 Å². The summed E-state index contributed by atoms with van der Waals surface area (Å²) in [5.74, 6) is -1.39. The fourth-order valence-corrected chi connectivity index (χ4v) is 2.60. The van der Waals surface area contributed by atoms with Gasteiger partial charge in [0.25, 0.3) is 5.91 Å². The van der Waals surface area contributed by atoms with E-state index in [1.54, 1.807) is 27.7 Å². The van der Waals surface area contributed by atoms with Crippen LogP contribution in [0.2, 0.25) is 0 Å². The van der Waals surface area contributed by atoms with Gasteiger partial charge in [0, 0.05) is 6.42 Å². The quantitative estimate of drug-likeness (QED) is 0.772. The second-order valence-corrected chi connectivity index (χ2v) is 7.83. The van der Waals surface area contributed by atoms with Crippen molar-refractivity contribution in [2.24, 2.45) is 5.16 Å². The molecule has 7 heteroatoms. The Labute approximate surface area is 159 Å². The van der Waals surface area contributed by atoms with Gasteiger partial charge in [-0.2, -0.15) is 0 Å². The molecule has 1 amide bonds. The Bertz CT molecular complexity index is 751. The Morgan fingerprint density at radius 3 is 2.44 bits per heavy atom. The summed E-state index contributed by atoms with van der Waals surface area (Å²) in [6.07, 6.45) is 0.0285. The zero-order chi connectivity index (χ0) is 20.2. The molecule has 27 heavy (non-hydrogen) atoms. The van der Waals surface area contributed by atoms with Crippen molar-refractivity contribution in [3.63, 3.8) is 0 Å². The first-order chi connectivity index (χ1) is 12.5. The van der Waals surface area contributed by atoms with Crippen LogP contribution in [-0.4, -0.2) is 40.6 Å². The van der Waals surface area contributed by atoms with Crippen LogP contribution in [-0.2, 0) is 24.0 Å². The number of carbonyl (C=O) groups excluding carboxylic acids is 3. The summed E-state index contributed by atoms with van der Waals surface area (Å²) in [6.45, 7) is 8.14. The number of nitrogens with zero attached hydrogens (tertiary/aromatic N) is 1. The van der Waals surface area contributed by atoms with Gasteiger partial charge in [-0.05, 0) is 40.2 Å². The largest absolute Gasteiger partial charge is 0.460 e. The highest BCUT2D eigenvalue weighted by atomic mass is 16.7. The second kappa shape index (κ2) is 7.90. The van der Waals surface area contributed by atoms with Gasteiger partial charge < -0.3 is 14.9 Å². The average molecular weight is 374 g/mol. The zero-order valence-electron chi connectivity index (χ0n) is 16.4. The van der Waals surface area contributed by atoms with Gasteiger partial charge in [0.2, 0.25) is 5.60 Å². The Morgan fingerprint density at radius 1 is 1.26 bits per heavy atom. The van der Waals surface area contributed by atoms with E-state index < -0.39 is 29.1 Å². The molecule has 0 saturated carbocycles. The summed E-state index contributed by atoms with van der Waals surface area (Å²) in [5.41, 5.74) is -0.389. The number of Topliss-reactive ketones (excluding diaryl/α,β-unsaturated/α-hetero) is 1. The number of benzene rings is 1. The first-order valence-electron chi connectivity index (χ1n) is 8.84. The summed E-state index contributed by atoms with van der Waals surface area (Å²) in [4.78, 5) is 42.0. The lowest BCUT2D eigenvalue weighted by Crippen LogP contribution is -2.51. The number of rotatable bonds is 6. The molecule has 0 aromatic heterocycles. The van der Waals surface area contributed by atoms with E-state index in [0.717, 1.165) is 5.56 Å². The highest BCUT2D eigenvalue weighted by Gasteiger charge is 2.43. The lowest BCUT2D eigenvalue weighted by atomic mass is 9.94. The summed E-state index contributed by atoms with van der Waals surface area (Å²) in [6, 6.07) is 8.42. The highest BCUT2D eigenvalue weighted by Crippen LogP contribution is 2.27. The molecule has 1 aliphatic rings. The Balaban J connectivity index is 2.01. The molecule has 2 atom stereocenters. The normalized spacial score (nSPS) is 20.3. The number of amides is 1. The third-order valence-corrected chi connectivity index (χ3v) is 4.04. The Morgan fingerprint density at radius 2 is 1.89 bits per heavy atom. The van der Waals surface area contributed by atoms with Crippen LogP contribution in [0.25, 0.3) is 0 Å². The van der Waals surface area contributed by atoms with Crippen LogP contribution in [0.15, 0.2) is 35.5 Å². The van der Waals surface area contributed by atoms with Gasteiger partial charge in [0.05, 0.1) is 18.2 Å². The van der Waals surface area contributed by atoms with Gasteiger partial charge in [-0.25, -0.2) is 0 Å². The maximum Gasteiger partial charge on any atom is 0.308 e. The topological polar surface area (TPSA) is 94.1 Å². The minimum Gasteiger partial charge on any atom is -0.460 e. The second-order valence-electron chi connectivity index (χ2n) is 7.83. The van der Waals surface area contributed by atoms with E-state index in [4.69, 9.17) is 9.57 Å². The van der Waals surface area contributed by atoms with Crippen molar-refractivity contribution in [3.05, 3.63) is 35.9 Å². The third kappa shape index (κ3) is 5.64. The molecule has 2 rings (SSSR count). The van der Waals surface area contributed by atoms with E-state index in [2.05, 4.69) is 10.5 Å². The molecular formula is C20H26N2O5. The van der Waals surface area contributed by atoms with Crippen molar-refractivity contribution >= 4 is 23.4 Å². The molecule has 1 aromatic rings. The van der Waals surface area contributed by atoms with Crippen molar-refractivity contribution in [1.29, 1.82) is 0 Å². The van der Waals surface area contributed by atoms with Crippen molar-refractivity contribution in [3.8, 4) is 0 Å². The molecule has 1 heterocycles. The molecule has 146 valence electrons. The van der Waals surface area contributed by atoms with E-state index >= 15 is 0 Å².